The Morgan fingerprint density at radius 3 is 2.23 bits per heavy atom. The van der Waals surface area contributed by atoms with Crippen LogP contribution in [0.3, 0.4) is 0 Å². The van der Waals surface area contributed by atoms with Gasteiger partial charge in [-0.25, -0.2) is 13.4 Å². The minimum Gasteiger partial charge on any atom is -0.335 e. The predicted molar refractivity (Wildman–Crippen MR) is 100 cm³/mol. The van der Waals surface area contributed by atoms with E-state index in [2.05, 4.69) is 4.98 Å². The molecule has 10 heteroatoms. The number of benzene rings is 1. The van der Waals surface area contributed by atoms with Crippen LogP contribution >= 0.6 is 34.8 Å². The molecule has 1 amide bonds. The van der Waals surface area contributed by atoms with E-state index in [1.807, 2.05) is 0 Å². The fraction of sp³-hybridized carbons (Fsp3) is 0.250. The Bertz CT molecular complexity index is 945. The molecule has 1 aromatic heterocycles. The summed E-state index contributed by atoms with van der Waals surface area (Å²) in [6.45, 7) is 0.731. The Balaban J connectivity index is 1.74. The topological polar surface area (TPSA) is 70.6 Å². The van der Waals surface area contributed by atoms with Crippen molar-refractivity contribution in [3.05, 3.63) is 57.3 Å². The molecule has 1 aliphatic rings. The molecule has 0 bridgehead atoms. The quantitative estimate of drug-likeness (QED) is 0.696. The summed E-state index contributed by atoms with van der Waals surface area (Å²) >= 11 is 17.9. The monoisotopic (exact) mass is 433 g/mol. The van der Waals surface area contributed by atoms with Gasteiger partial charge in [0.2, 0.25) is 10.0 Å². The van der Waals surface area contributed by atoms with E-state index in [0.717, 1.165) is 0 Å². The lowest BCUT2D eigenvalue weighted by Gasteiger charge is -2.34. The first-order valence-electron chi connectivity index (χ1n) is 7.66. The van der Waals surface area contributed by atoms with Crippen molar-refractivity contribution in [3.8, 4) is 0 Å². The zero-order valence-electron chi connectivity index (χ0n) is 13.4. The lowest BCUT2D eigenvalue weighted by Crippen LogP contribution is -2.50. The van der Waals surface area contributed by atoms with Gasteiger partial charge in [0, 0.05) is 26.2 Å². The Kier molecular flexibility index (Phi) is 5.74. The SMILES string of the molecule is O=C(c1nc(Cl)ccc1Cl)N1CCN(S(=O)(=O)c2ccccc2Cl)CC1. The van der Waals surface area contributed by atoms with E-state index in [1.165, 1.54) is 33.5 Å². The Hall–Kier alpha value is -1.38. The molecule has 0 aliphatic carbocycles. The van der Waals surface area contributed by atoms with Gasteiger partial charge in [-0.2, -0.15) is 4.31 Å². The highest BCUT2D eigenvalue weighted by Gasteiger charge is 2.32. The normalized spacial score (nSPS) is 15.9. The van der Waals surface area contributed by atoms with Gasteiger partial charge in [0.05, 0.1) is 10.0 Å². The maximum Gasteiger partial charge on any atom is 0.274 e. The van der Waals surface area contributed by atoms with Crippen LogP contribution in [0.2, 0.25) is 15.2 Å². The summed E-state index contributed by atoms with van der Waals surface area (Å²) < 4.78 is 26.8. The molecule has 138 valence electrons. The van der Waals surface area contributed by atoms with Crippen molar-refractivity contribution in [1.82, 2.24) is 14.2 Å². The van der Waals surface area contributed by atoms with Gasteiger partial charge in [-0.15, -0.1) is 0 Å². The highest BCUT2D eigenvalue weighted by atomic mass is 35.5. The number of hydrogen-bond donors (Lipinski definition) is 0. The van der Waals surface area contributed by atoms with Crippen LogP contribution in [0, 0.1) is 0 Å². The predicted octanol–water partition coefficient (Wildman–Crippen LogP) is 3.19. The molecule has 0 radical (unpaired) electrons. The molecule has 1 aliphatic heterocycles. The second kappa shape index (κ2) is 7.70. The highest BCUT2D eigenvalue weighted by Crippen LogP contribution is 2.25. The summed E-state index contributed by atoms with van der Waals surface area (Å²) in [4.78, 5) is 18.1. The number of aromatic nitrogens is 1. The zero-order valence-corrected chi connectivity index (χ0v) is 16.5. The number of sulfonamides is 1. The van der Waals surface area contributed by atoms with Crippen LogP contribution in [-0.4, -0.2) is 54.7 Å². The van der Waals surface area contributed by atoms with Crippen molar-refractivity contribution in [1.29, 1.82) is 0 Å². The minimum atomic E-state index is -3.72. The van der Waals surface area contributed by atoms with E-state index in [1.54, 1.807) is 12.1 Å². The zero-order chi connectivity index (χ0) is 18.9. The van der Waals surface area contributed by atoms with Gasteiger partial charge >= 0.3 is 0 Å². The minimum absolute atomic E-state index is 0.0565. The van der Waals surface area contributed by atoms with Gasteiger partial charge in [-0.05, 0) is 24.3 Å². The molecule has 1 aromatic carbocycles. The van der Waals surface area contributed by atoms with Crippen LogP contribution in [0.1, 0.15) is 10.5 Å². The van der Waals surface area contributed by atoms with E-state index >= 15 is 0 Å². The fourth-order valence-electron chi connectivity index (χ4n) is 2.64. The first kappa shape index (κ1) is 19.4. The average Bonchev–Trinajstić information content (AvgIpc) is 2.63. The van der Waals surface area contributed by atoms with Crippen molar-refractivity contribution in [2.75, 3.05) is 26.2 Å². The van der Waals surface area contributed by atoms with Crippen LogP contribution in [0.4, 0.5) is 0 Å². The van der Waals surface area contributed by atoms with Gasteiger partial charge in [0.15, 0.2) is 0 Å². The molecule has 6 nitrogen and oxygen atoms in total. The molecule has 1 fully saturated rings. The van der Waals surface area contributed by atoms with Gasteiger partial charge in [-0.3, -0.25) is 4.79 Å². The second-order valence-electron chi connectivity index (χ2n) is 5.59. The van der Waals surface area contributed by atoms with Crippen molar-refractivity contribution in [3.63, 3.8) is 0 Å². The summed E-state index contributed by atoms with van der Waals surface area (Å²) in [6, 6.07) is 9.27. The Morgan fingerprint density at radius 2 is 1.58 bits per heavy atom. The number of halogens is 3. The standard InChI is InChI=1S/C16H14Cl3N3O3S/c17-11-3-1-2-4-13(11)26(24,25)22-9-7-21(8-10-22)16(23)15-12(18)5-6-14(19)20-15/h1-6H,7-10H2. The molecule has 0 unspecified atom stereocenters. The van der Waals surface area contributed by atoms with Crippen molar-refractivity contribution >= 4 is 50.7 Å². The van der Waals surface area contributed by atoms with Gasteiger partial charge in [0.25, 0.3) is 5.91 Å². The van der Waals surface area contributed by atoms with Crippen LogP contribution in [0.25, 0.3) is 0 Å². The summed E-state index contributed by atoms with van der Waals surface area (Å²) in [5, 5.41) is 0.532. The van der Waals surface area contributed by atoms with Crippen LogP contribution < -0.4 is 0 Å². The molecule has 0 atom stereocenters. The second-order valence-corrected chi connectivity index (χ2v) is 8.70. The first-order chi connectivity index (χ1) is 12.3. The van der Waals surface area contributed by atoms with E-state index < -0.39 is 10.0 Å². The number of carbonyl (C=O) groups excluding carboxylic acids is 1. The van der Waals surface area contributed by atoms with Crippen molar-refractivity contribution in [2.24, 2.45) is 0 Å². The lowest BCUT2D eigenvalue weighted by atomic mass is 10.3. The van der Waals surface area contributed by atoms with Crippen molar-refractivity contribution < 1.29 is 13.2 Å². The van der Waals surface area contributed by atoms with Gasteiger partial charge in [0.1, 0.15) is 15.7 Å². The number of pyridine rings is 1. The largest absolute Gasteiger partial charge is 0.335 e. The molecule has 0 saturated carbocycles. The third-order valence-electron chi connectivity index (χ3n) is 3.99. The van der Waals surface area contributed by atoms with Gasteiger partial charge in [-0.1, -0.05) is 46.9 Å². The van der Waals surface area contributed by atoms with E-state index in [0.29, 0.717) is 0 Å². The molecule has 0 spiro atoms. The summed E-state index contributed by atoms with van der Waals surface area (Å²) in [5.74, 6) is -0.382. The third-order valence-corrected chi connectivity index (χ3v) is 6.91. The van der Waals surface area contributed by atoms with E-state index in [-0.39, 0.29) is 57.9 Å². The Labute approximate surface area is 166 Å². The molecule has 3 rings (SSSR count). The Morgan fingerprint density at radius 1 is 0.923 bits per heavy atom. The molecule has 2 heterocycles. The maximum absolute atomic E-state index is 12.7. The fourth-order valence-corrected chi connectivity index (χ4v) is 4.89. The summed E-state index contributed by atoms with van der Waals surface area (Å²) in [7, 11) is -3.72. The highest BCUT2D eigenvalue weighted by molar-refractivity contribution is 7.89. The van der Waals surface area contributed by atoms with Crippen LogP contribution in [-0.2, 0) is 10.0 Å². The number of piperazine rings is 1. The number of nitrogens with zero attached hydrogens (tertiary/aromatic N) is 3. The number of rotatable bonds is 3. The van der Waals surface area contributed by atoms with Crippen molar-refractivity contribution in [2.45, 2.75) is 4.90 Å². The van der Waals surface area contributed by atoms with Gasteiger partial charge < -0.3 is 4.90 Å². The average molecular weight is 435 g/mol. The van der Waals surface area contributed by atoms with Crippen LogP contribution in [0.15, 0.2) is 41.3 Å². The lowest BCUT2D eigenvalue weighted by molar-refractivity contribution is 0.0692. The molecular weight excluding hydrogens is 421 g/mol. The number of amides is 1. The van der Waals surface area contributed by atoms with E-state index in [9.17, 15) is 13.2 Å². The molecular formula is C16H14Cl3N3O3S. The molecule has 0 N–H and O–H groups in total. The molecule has 1 saturated heterocycles. The summed E-state index contributed by atoms with van der Waals surface area (Å²) in [5.41, 5.74) is 0.0570. The third kappa shape index (κ3) is 3.82. The summed E-state index contributed by atoms with van der Waals surface area (Å²) in [6.07, 6.45) is 0. The number of hydrogen-bond acceptors (Lipinski definition) is 4. The first-order valence-corrected chi connectivity index (χ1v) is 10.2. The van der Waals surface area contributed by atoms with E-state index in [4.69, 9.17) is 34.8 Å². The number of carbonyl (C=O) groups is 1. The smallest absolute Gasteiger partial charge is 0.274 e. The maximum atomic E-state index is 12.7. The molecule has 26 heavy (non-hydrogen) atoms. The molecule has 2 aromatic rings. The van der Waals surface area contributed by atoms with Crippen LogP contribution in [0.5, 0.6) is 0 Å².